The standard InChI is InChI=1S/C34H42N8O3/c1-38-17-19-40(20-18-38)24-13-15-41(16-14-24)32(44)23-11-12-27(30(43)21-23)36-34-35-22-29-31(37-34)42(25-7-3-4-8-25)28-10-6-5-9-26(28)33(45)39(29)2/h5-6,9-12,21-22,24-25,43H,3-4,7-8,13-20H2,1-2H3,(H,35,36,37). The maximum Gasteiger partial charge on any atom is 0.260 e. The monoisotopic (exact) mass is 610 g/mol. The second kappa shape index (κ2) is 12.3. The summed E-state index contributed by atoms with van der Waals surface area (Å²) in [6, 6.07) is 13.4. The minimum atomic E-state index is -0.0990. The van der Waals surface area contributed by atoms with Gasteiger partial charge in [0.2, 0.25) is 5.95 Å². The molecule has 4 aliphatic rings. The molecule has 0 spiro atoms. The molecule has 236 valence electrons. The summed E-state index contributed by atoms with van der Waals surface area (Å²) < 4.78 is 0. The Morgan fingerprint density at radius 1 is 0.889 bits per heavy atom. The topological polar surface area (TPSA) is 108 Å². The number of rotatable bonds is 5. The lowest BCUT2D eigenvalue weighted by Gasteiger charge is -2.42. The Morgan fingerprint density at radius 2 is 1.62 bits per heavy atom. The molecule has 0 bridgehead atoms. The zero-order valence-electron chi connectivity index (χ0n) is 26.2. The number of anilines is 5. The van der Waals surface area contributed by atoms with Crippen molar-refractivity contribution in [2.24, 2.45) is 0 Å². The Kier molecular flexibility index (Phi) is 8.05. The number of likely N-dealkylation sites (tertiary alicyclic amines) is 1. The van der Waals surface area contributed by atoms with Crippen molar-refractivity contribution in [3.05, 3.63) is 59.8 Å². The van der Waals surface area contributed by atoms with Crippen LogP contribution in [-0.4, -0.2) is 107 Å². The van der Waals surface area contributed by atoms with E-state index < -0.39 is 0 Å². The number of hydrogen-bond donors (Lipinski definition) is 2. The number of carbonyl (C=O) groups excluding carboxylic acids is 2. The number of fused-ring (bicyclic) bond motifs is 2. The number of phenols is 1. The third kappa shape index (κ3) is 5.70. The van der Waals surface area contributed by atoms with Crippen molar-refractivity contribution in [2.45, 2.75) is 50.6 Å². The number of phenolic OH excluding ortho intramolecular Hbond substituents is 1. The summed E-state index contributed by atoms with van der Waals surface area (Å²) in [6.45, 7) is 5.81. The lowest BCUT2D eigenvalue weighted by molar-refractivity contribution is 0.0518. The fraction of sp³-hybridized carbons (Fsp3) is 0.471. The second-order valence-electron chi connectivity index (χ2n) is 12.8. The molecule has 3 fully saturated rings. The quantitative estimate of drug-likeness (QED) is 0.405. The van der Waals surface area contributed by atoms with Crippen LogP contribution >= 0.6 is 0 Å². The molecule has 7 rings (SSSR count). The number of nitrogens with zero attached hydrogens (tertiary/aromatic N) is 7. The van der Waals surface area contributed by atoms with Crippen LogP contribution in [0.3, 0.4) is 0 Å². The minimum Gasteiger partial charge on any atom is -0.506 e. The predicted octanol–water partition coefficient (Wildman–Crippen LogP) is 4.45. The summed E-state index contributed by atoms with van der Waals surface area (Å²) in [5, 5.41) is 14.1. The first kappa shape index (κ1) is 29.5. The highest BCUT2D eigenvalue weighted by atomic mass is 16.3. The molecular weight excluding hydrogens is 568 g/mol. The van der Waals surface area contributed by atoms with E-state index in [1.165, 1.54) is 6.07 Å². The van der Waals surface area contributed by atoms with Crippen LogP contribution in [0, 0.1) is 0 Å². The Balaban J connectivity index is 1.09. The normalized spacial score (nSPS) is 20.2. The number of piperidine rings is 1. The number of carbonyl (C=O) groups is 2. The van der Waals surface area contributed by atoms with Crippen LogP contribution in [0.25, 0.3) is 0 Å². The van der Waals surface area contributed by atoms with Gasteiger partial charge >= 0.3 is 0 Å². The molecule has 45 heavy (non-hydrogen) atoms. The Hall–Kier alpha value is -4.22. The van der Waals surface area contributed by atoms with Crippen molar-refractivity contribution >= 4 is 40.6 Å². The summed E-state index contributed by atoms with van der Waals surface area (Å²) in [5.74, 6) is 0.757. The third-order valence-electron chi connectivity index (χ3n) is 10.0. The summed E-state index contributed by atoms with van der Waals surface area (Å²) in [5.41, 5.74) is 2.99. The van der Waals surface area contributed by atoms with Crippen LogP contribution < -0.4 is 15.1 Å². The second-order valence-corrected chi connectivity index (χ2v) is 12.8. The minimum absolute atomic E-state index is 0.0444. The SMILES string of the molecule is CN1CCN(C2CCN(C(=O)c3ccc(Nc4ncc5c(n4)N(C4CCCC4)c4ccccc4C(=O)N5C)c(O)c3)CC2)CC1. The Bertz CT molecular complexity index is 1580. The van der Waals surface area contributed by atoms with Gasteiger partial charge in [-0.1, -0.05) is 25.0 Å². The number of aromatic nitrogens is 2. The number of piperazine rings is 1. The third-order valence-corrected chi connectivity index (χ3v) is 10.0. The highest BCUT2D eigenvalue weighted by molar-refractivity contribution is 6.13. The Labute approximate surface area is 264 Å². The summed E-state index contributed by atoms with van der Waals surface area (Å²) >= 11 is 0. The molecule has 4 heterocycles. The van der Waals surface area contributed by atoms with Crippen LogP contribution in [0.15, 0.2) is 48.7 Å². The van der Waals surface area contributed by atoms with E-state index in [0.29, 0.717) is 40.3 Å². The molecule has 0 atom stereocenters. The molecule has 0 unspecified atom stereocenters. The van der Waals surface area contributed by atoms with Crippen molar-refractivity contribution in [3.8, 4) is 5.75 Å². The van der Waals surface area contributed by atoms with Gasteiger partial charge in [-0.2, -0.15) is 4.98 Å². The highest BCUT2D eigenvalue weighted by Crippen LogP contribution is 2.43. The molecule has 1 saturated carbocycles. The first-order chi connectivity index (χ1) is 21.9. The van der Waals surface area contributed by atoms with Gasteiger partial charge in [0.25, 0.3) is 11.8 Å². The van der Waals surface area contributed by atoms with E-state index in [-0.39, 0.29) is 23.6 Å². The first-order valence-electron chi connectivity index (χ1n) is 16.2. The first-order valence-corrected chi connectivity index (χ1v) is 16.2. The van der Waals surface area contributed by atoms with E-state index in [1.807, 2.05) is 29.2 Å². The number of hydrogen-bond acceptors (Lipinski definition) is 9. The van der Waals surface area contributed by atoms with Crippen molar-refractivity contribution in [1.29, 1.82) is 0 Å². The molecule has 3 aromatic rings. The molecule has 3 aliphatic heterocycles. The van der Waals surface area contributed by atoms with Crippen LogP contribution in [0.5, 0.6) is 5.75 Å². The number of nitrogens with one attached hydrogen (secondary N) is 1. The average Bonchev–Trinajstić information content (AvgIpc) is 3.58. The van der Waals surface area contributed by atoms with Crippen LogP contribution in [0.1, 0.15) is 59.2 Å². The predicted molar refractivity (Wildman–Crippen MR) is 175 cm³/mol. The fourth-order valence-electron chi connectivity index (χ4n) is 7.34. The summed E-state index contributed by atoms with van der Waals surface area (Å²) in [7, 11) is 3.92. The molecule has 2 aromatic carbocycles. The molecule has 11 nitrogen and oxygen atoms in total. The lowest BCUT2D eigenvalue weighted by atomic mass is 10.0. The van der Waals surface area contributed by atoms with Gasteiger partial charge in [0.05, 0.1) is 23.1 Å². The fourth-order valence-corrected chi connectivity index (χ4v) is 7.34. The van der Waals surface area contributed by atoms with E-state index in [0.717, 1.165) is 83.5 Å². The molecule has 0 radical (unpaired) electrons. The summed E-state index contributed by atoms with van der Waals surface area (Å²) in [6.07, 6.45) is 7.90. The van der Waals surface area contributed by atoms with E-state index in [4.69, 9.17) is 4.98 Å². The lowest BCUT2D eigenvalue weighted by Crippen LogP contribution is -2.52. The average molecular weight is 611 g/mol. The van der Waals surface area contributed by atoms with Gasteiger partial charge in [-0.15, -0.1) is 0 Å². The van der Waals surface area contributed by atoms with Gasteiger partial charge in [-0.05, 0) is 63.1 Å². The highest BCUT2D eigenvalue weighted by Gasteiger charge is 2.35. The van der Waals surface area contributed by atoms with Gasteiger partial charge in [0.1, 0.15) is 11.4 Å². The van der Waals surface area contributed by atoms with E-state index >= 15 is 0 Å². The summed E-state index contributed by atoms with van der Waals surface area (Å²) in [4.78, 5) is 46.9. The molecule has 2 N–H and O–H groups in total. The van der Waals surface area contributed by atoms with Gasteiger partial charge in [0, 0.05) is 64.0 Å². The van der Waals surface area contributed by atoms with Crippen LogP contribution in [0.2, 0.25) is 0 Å². The number of amides is 2. The number of aromatic hydroxyl groups is 1. The molecule has 2 saturated heterocycles. The van der Waals surface area contributed by atoms with Crippen molar-refractivity contribution in [1.82, 2.24) is 24.7 Å². The van der Waals surface area contributed by atoms with Crippen molar-refractivity contribution in [3.63, 3.8) is 0 Å². The zero-order chi connectivity index (χ0) is 31.1. The molecule has 11 heteroatoms. The molecular formula is C34H42N8O3. The zero-order valence-corrected chi connectivity index (χ0v) is 26.2. The molecule has 2 amide bonds. The smallest absolute Gasteiger partial charge is 0.260 e. The number of benzene rings is 2. The van der Waals surface area contributed by atoms with Crippen LogP contribution in [-0.2, 0) is 0 Å². The molecule has 1 aromatic heterocycles. The van der Waals surface area contributed by atoms with Gasteiger partial charge in [-0.25, -0.2) is 4.98 Å². The van der Waals surface area contributed by atoms with Gasteiger partial charge < -0.3 is 30.0 Å². The Morgan fingerprint density at radius 3 is 2.36 bits per heavy atom. The van der Waals surface area contributed by atoms with Crippen LogP contribution in [0.4, 0.5) is 28.8 Å². The van der Waals surface area contributed by atoms with E-state index in [2.05, 4.69) is 32.0 Å². The number of likely N-dealkylation sites (N-methyl/N-ethyl adjacent to an activating group) is 1. The maximum atomic E-state index is 13.4. The maximum absolute atomic E-state index is 13.4. The van der Waals surface area contributed by atoms with Crippen molar-refractivity contribution in [2.75, 3.05) is 68.5 Å². The molecule has 1 aliphatic carbocycles. The van der Waals surface area contributed by atoms with E-state index in [1.54, 1.807) is 30.3 Å². The van der Waals surface area contributed by atoms with Gasteiger partial charge in [0.15, 0.2) is 5.82 Å². The van der Waals surface area contributed by atoms with Crippen molar-refractivity contribution < 1.29 is 14.7 Å². The van der Waals surface area contributed by atoms with E-state index in [9.17, 15) is 14.7 Å². The largest absolute Gasteiger partial charge is 0.506 e. The van der Waals surface area contributed by atoms with Gasteiger partial charge in [-0.3, -0.25) is 14.5 Å². The number of para-hydroxylation sites is 1.